The Morgan fingerprint density at radius 3 is 3.04 bits per heavy atom. The summed E-state index contributed by atoms with van der Waals surface area (Å²) in [7, 11) is 1.77. The number of benzene rings is 1. The van der Waals surface area contributed by atoms with Crippen molar-refractivity contribution in [3.8, 4) is 11.5 Å². The standard InChI is InChI=1S/C16H16FN5O3/c1-18-3-5-25-15-12(6-11(17)7-13(15)24)20-14-2-4-22-16(21-14)10(9-23)8-19-22/h2,4,6-9,18,24H,3,5H2,1H3,(H,20,21). The smallest absolute Gasteiger partial charge is 0.184 e. The molecule has 0 amide bonds. The second kappa shape index (κ2) is 7.14. The van der Waals surface area contributed by atoms with Crippen molar-refractivity contribution < 1.29 is 19.0 Å². The number of aromatic hydroxyl groups is 1. The number of ether oxygens (including phenoxy) is 1. The molecule has 8 nitrogen and oxygen atoms in total. The summed E-state index contributed by atoms with van der Waals surface area (Å²) >= 11 is 0. The molecule has 0 bridgehead atoms. The Morgan fingerprint density at radius 1 is 1.44 bits per heavy atom. The first-order valence-corrected chi connectivity index (χ1v) is 7.49. The van der Waals surface area contributed by atoms with E-state index in [2.05, 4.69) is 20.7 Å². The van der Waals surface area contributed by atoms with Crippen LogP contribution in [-0.4, -0.2) is 46.2 Å². The van der Waals surface area contributed by atoms with Gasteiger partial charge in [-0.25, -0.2) is 13.9 Å². The molecule has 0 aliphatic heterocycles. The molecule has 0 fully saturated rings. The lowest BCUT2D eigenvalue weighted by Gasteiger charge is -2.14. The van der Waals surface area contributed by atoms with Crippen LogP contribution in [-0.2, 0) is 0 Å². The lowest BCUT2D eigenvalue weighted by atomic mass is 10.2. The number of rotatable bonds is 7. The first-order valence-electron chi connectivity index (χ1n) is 7.49. The molecule has 25 heavy (non-hydrogen) atoms. The van der Waals surface area contributed by atoms with Crippen LogP contribution >= 0.6 is 0 Å². The molecule has 130 valence electrons. The number of carbonyl (C=O) groups excluding carboxylic acids is 1. The van der Waals surface area contributed by atoms with E-state index in [0.717, 1.165) is 6.07 Å². The fourth-order valence-corrected chi connectivity index (χ4v) is 2.26. The molecular formula is C16H16FN5O3. The van der Waals surface area contributed by atoms with E-state index in [9.17, 15) is 14.3 Å². The summed E-state index contributed by atoms with van der Waals surface area (Å²) in [6, 6.07) is 3.77. The number of aromatic nitrogens is 3. The van der Waals surface area contributed by atoms with Crippen LogP contribution < -0.4 is 15.4 Å². The van der Waals surface area contributed by atoms with Gasteiger partial charge in [0.25, 0.3) is 0 Å². The largest absolute Gasteiger partial charge is 0.504 e. The number of aldehydes is 1. The van der Waals surface area contributed by atoms with E-state index in [1.165, 1.54) is 16.8 Å². The maximum absolute atomic E-state index is 13.7. The Labute approximate surface area is 142 Å². The number of halogens is 1. The minimum absolute atomic E-state index is 0.113. The molecule has 1 aromatic carbocycles. The van der Waals surface area contributed by atoms with Crippen LogP contribution in [0.3, 0.4) is 0 Å². The highest BCUT2D eigenvalue weighted by Crippen LogP contribution is 2.37. The topological polar surface area (TPSA) is 101 Å². The van der Waals surface area contributed by atoms with E-state index in [0.29, 0.717) is 29.9 Å². The van der Waals surface area contributed by atoms with Gasteiger partial charge >= 0.3 is 0 Å². The number of nitrogens with one attached hydrogen (secondary N) is 2. The number of phenols is 1. The number of carbonyl (C=O) groups is 1. The van der Waals surface area contributed by atoms with Gasteiger partial charge < -0.3 is 20.5 Å². The van der Waals surface area contributed by atoms with Crippen LogP contribution in [0.1, 0.15) is 10.4 Å². The zero-order chi connectivity index (χ0) is 17.8. The Kier molecular flexibility index (Phi) is 4.75. The average Bonchev–Trinajstić information content (AvgIpc) is 2.99. The molecule has 0 spiro atoms. The fourth-order valence-electron chi connectivity index (χ4n) is 2.26. The molecule has 0 unspecified atom stereocenters. The number of fused-ring (bicyclic) bond motifs is 1. The van der Waals surface area contributed by atoms with Crippen molar-refractivity contribution >= 4 is 23.4 Å². The third kappa shape index (κ3) is 3.50. The van der Waals surface area contributed by atoms with Crippen LogP contribution in [0.25, 0.3) is 5.65 Å². The second-order valence-corrected chi connectivity index (χ2v) is 5.18. The third-order valence-electron chi connectivity index (χ3n) is 3.42. The van der Waals surface area contributed by atoms with Crippen molar-refractivity contribution in [2.45, 2.75) is 0 Å². The molecule has 9 heteroatoms. The van der Waals surface area contributed by atoms with E-state index >= 15 is 0 Å². The van der Waals surface area contributed by atoms with Crippen molar-refractivity contribution in [2.24, 2.45) is 0 Å². The lowest BCUT2D eigenvalue weighted by Crippen LogP contribution is -2.16. The Hall–Kier alpha value is -3.20. The van der Waals surface area contributed by atoms with Gasteiger partial charge in [-0.2, -0.15) is 5.10 Å². The van der Waals surface area contributed by atoms with Crippen LogP contribution in [0.15, 0.2) is 30.6 Å². The number of hydrogen-bond acceptors (Lipinski definition) is 7. The van der Waals surface area contributed by atoms with Crippen molar-refractivity contribution in [3.63, 3.8) is 0 Å². The molecule has 0 saturated carbocycles. The number of anilines is 2. The Morgan fingerprint density at radius 2 is 2.28 bits per heavy atom. The van der Waals surface area contributed by atoms with Gasteiger partial charge in [0.05, 0.1) is 17.4 Å². The molecule has 0 aliphatic rings. The summed E-state index contributed by atoms with van der Waals surface area (Å²) in [5, 5.41) is 19.8. The highest BCUT2D eigenvalue weighted by Gasteiger charge is 2.14. The van der Waals surface area contributed by atoms with Gasteiger partial charge in [0.15, 0.2) is 23.4 Å². The van der Waals surface area contributed by atoms with Crippen molar-refractivity contribution in [1.82, 2.24) is 19.9 Å². The number of likely N-dealkylation sites (N-methyl/N-ethyl adjacent to an activating group) is 1. The van der Waals surface area contributed by atoms with E-state index in [-0.39, 0.29) is 23.8 Å². The van der Waals surface area contributed by atoms with Gasteiger partial charge in [0.1, 0.15) is 18.2 Å². The molecule has 0 saturated heterocycles. The van der Waals surface area contributed by atoms with Gasteiger partial charge in [-0.15, -0.1) is 0 Å². The monoisotopic (exact) mass is 345 g/mol. The van der Waals surface area contributed by atoms with Gasteiger partial charge in [0.2, 0.25) is 0 Å². The van der Waals surface area contributed by atoms with Gasteiger partial charge in [-0.1, -0.05) is 0 Å². The fraction of sp³-hybridized carbons (Fsp3) is 0.188. The van der Waals surface area contributed by atoms with E-state index in [1.807, 2.05) is 0 Å². The molecule has 2 aromatic heterocycles. The van der Waals surface area contributed by atoms with Gasteiger partial charge in [-0.3, -0.25) is 4.79 Å². The maximum atomic E-state index is 13.7. The summed E-state index contributed by atoms with van der Waals surface area (Å²) in [6.07, 6.45) is 3.66. The minimum atomic E-state index is -0.625. The van der Waals surface area contributed by atoms with Crippen molar-refractivity contribution in [1.29, 1.82) is 0 Å². The summed E-state index contributed by atoms with van der Waals surface area (Å²) in [6.45, 7) is 0.841. The summed E-state index contributed by atoms with van der Waals surface area (Å²) in [5.41, 5.74) is 0.909. The molecule has 3 aromatic rings. The quantitative estimate of drug-likeness (QED) is 0.443. The SMILES string of the molecule is CNCCOc1c(O)cc(F)cc1Nc1ccn2ncc(C=O)c2n1. The average molecular weight is 345 g/mol. The number of phenolic OH excluding ortho intramolecular Hbond substituents is 1. The molecule has 0 aliphatic carbocycles. The van der Waals surface area contributed by atoms with E-state index in [4.69, 9.17) is 4.74 Å². The Bertz CT molecular complexity index is 912. The zero-order valence-electron chi connectivity index (χ0n) is 13.4. The molecule has 3 rings (SSSR count). The first kappa shape index (κ1) is 16.7. The second-order valence-electron chi connectivity index (χ2n) is 5.18. The van der Waals surface area contributed by atoms with Gasteiger partial charge in [-0.05, 0) is 13.1 Å². The molecular weight excluding hydrogens is 329 g/mol. The minimum Gasteiger partial charge on any atom is -0.504 e. The lowest BCUT2D eigenvalue weighted by molar-refractivity contribution is 0.112. The maximum Gasteiger partial charge on any atom is 0.184 e. The van der Waals surface area contributed by atoms with Crippen LogP contribution in [0, 0.1) is 5.82 Å². The summed E-state index contributed by atoms with van der Waals surface area (Å²) in [5.74, 6) is -0.486. The van der Waals surface area contributed by atoms with Crippen LogP contribution in [0.5, 0.6) is 11.5 Å². The molecule has 0 atom stereocenters. The van der Waals surface area contributed by atoms with Gasteiger partial charge in [0, 0.05) is 24.9 Å². The van der Waals surface area contributed by atoms with Crippen molar-refractivity contribution in [3.05, 3.63) is 42.0 Å². The summed E-state index contributed by atoms with van der Waals surface area (Å²) in [4.78, 5) is 15.3. The molecule has 3 N–H and O–H groups in total. The molecule has 2 heterocycles. The highest BCUT2D eigenvalue weighted by atomic mass is 19.1. The van der Waals surface area contributed by atoms with E-state index < -0.39 is 5.82 Å². The van der Waals surface area contributed by atoms with E-state index in [1.54, 1.807) is 19.3 Å². The zero-order valence-corrected chi connectivity index (χ0v) is 13.4. The predicted molar refractivity (Wildman–Crippen MR) is 89.1 cm³/mol. The third-order valence-corrected chi connectivity index (χ3v) is 3.42. The van der Waals surface area contributed by atoms with Crippen LogP contribution in [0.2, 0.25) is 0 Å². The highest BCUT2D eigenvalue weighted by molar-refractivity contribution is 5.84. The number of hydrogen-bond donors (Lipinski definition) is 3. The first-order chi connectivity index (χ1) is 12.1. The van der Waals surface area contributed by atoms with Crippen LogP contribution in [0.4, 0.5) is 15.9 Å². The normalized spacial score (nSPS) is 10.8. The Balaban J connectivity index is 1.94. The van der Waals surface area contributed by atoms with Crippen molar-refractivity contribution in [2.75, 3.05) is 25.5 Å². The number of nitrogens with zero attached hydrogens (tertiary/aromatic N) is 3. The molecule has 0 radical (unpaired) electrons. The summed E-state index contributed by atoms with van der Waals surface area (Å²) < 4.78 is 20.6. The predicted octanol–water partition coefficient (Wildman–Crippen LogP) is 1.73.